The molecule has 110 valence electrons. The summed E-state index contributed by atoms with van der Waals surface area (Å²) < 4.78 is 0. The van der Waals surface area contributed by atoms with Gasteiger partial charge in [-0.1, -0.05) is 37.3 Å². The Morgan fingerprint density at radius 3 is 2.50 bits per heavy atom. The molecule has 0 saturated heterocycles. The number of nitrogens with two attached hydrogens (primary N) is 1. The molecule has 1 aromatic carbocycles. The molecular weight excluding hydrogens is 246 g/mol. The molecule has 0 radical (unpaired) electrons. The summed E-state index contributed by atoms with van der Waals surface area (Å²) >= 11 is 0. The van der Waals surface area contributed by atoms with Crippen LogP contribution < -0.4 is 11.1 Å². The van der Waals surface area contributed by atoms with Crippen LogP contribution in [0.3, 0.4) is 0 Å². The average molecular weight is 273 g/mol. The SMILES string of the molecule is C/C=C(\N=C(CC)CCCNC)c1ccc(CN)cc1. The third-order valence-electron chi connectivity index (χ3n) is 3.34. The average Bonchev–Trinajstić information content (AvgIpc) is 2.51. The van der Waals surface area contributed by atoms with E-state index >= 15 is 0 Å². The Kier molecular flexibility index (Phi) is 7.85. The highest BCUT2D eigenvalue weighted by atomic mass is 14.8. The van der Waals surface area contributed by atoms with E-state index in [-0.39, 0.29) is 0 Å². The summed E-state index contributed by atoms with van der Waals surface area (Å²) in [6, 6.07) is 8.34. The third kappa shape index (κ3) is 5.27. The zero-order valence-corrected chi connectivity index (χ0v) is 12.9. The molecule has 3 heteroatoms. The third-order valence-corrected chi connectivity index (χ3v) is 3.34. The maximum absolute atomic E-state index is 5.63. The number of aliphatic imine (C=N–C) groups is 1. The van der Waals surface area contributed by atoms with Crippen LogP contribution in [-0.2, 0) is 6.54 Å². The van der Waals surface area contributed by atoms with Gasteiger partial charge >= 0.3 is 0 Å². The molecule has 1 rings (SSSR count). The first kappa shape index (κ1) is 16.6. The van der Waals surface area contributed by atoms with Crippen LogP contribution in [-0.4, -0.2) is 19.3 Å². The number of allylic oxidation sites excluding steroid dienone is 1. The van der Waals surface area contributed by atoms with Gasteiger partial charge in [0.1, 0.15) is 0 Å². The molecule has 0 atom stereocenters. The van der Waals surface area contributed by atoms with E-state index in [1.54, 1.807) is 0 Å². The van der Waals surface area contributed by atoms with Gasteiger partial charge in [0.15, 0.2) is 0 Å². The van der Waals surface area contributed by atoms with Crippen molar-refractivity contribution in [2.24, 2.45) is 10.7 Å². The number of hydrogen-bond donors (Lipinski definition) is 2. The van der Waals surface area contributed by atoms with E-state index in [0.29, 0.717) is 6.54 Å². The summed E-state index contributed by atoms with van der Waals surface area (Å²) in [5.41, 5.74) is 10.2. The van der Waals surface area contributed by atoms with Crippen LogP contribution in [0.4, 0.5) is 0 Å². The first-order valence-electron chi connectivity index (χ1n) is 7.41. The molecule has 0 saturated carbocycles. The van der Waals surface area contributed by atoms with Gasteiger partial charge in [-0.3, -0.25) is 4.99 Å². The van der Waals surface area contributed by atoms with Crippen LogP contribution >= 0.6 is 0 Å². The van der Waals surface area contributed by atoms with Crippen molar-refractivity contribution >= 4 is 11.4 Å². The van der Waals surface area contributed by atoms with Gasteiger partial charge in [-0.15, -0.1) is 0 Å². The number of rotatable bonds is 8. The van der Waals surface area contributed by atoms with Gasteiger partial charge < -0.3 is 11.1 Å². The Bertz CT molecular complexity index is 444. The van der Waals surface area contributed by atoms with E-state index in [1.807, 2.05) is 14.0 Å². The summed E-state index contributed by atoms with van der Waals surface area (Å²) in [4.78, 5) is 4.83. The lowest BCUT2D eigenvalue weighted by atomic mass is 10.1. The largest absolute Gasteiger partial charge is 0.326 e. The number of hydrogen-bond acceptors (Lipinski definition) is 3. The Labute approximate surface area is 123 Å². The zero-order chi connectivity index (χ0) is 14.8. The predicted molar refractivity (Wildman–Crippen MR) is 88.9 cm³/mol. The molecule has 0 aliphatic rings. The summed E-state index contributed by atoms with van der Waals surface area (Å²) in [5.74, 6) is 0. The van der Waals surface area contributed by atoms with Crippen molar-refractivity contribution in [2.75, 3.05) is 13.6 Å². The summed E-state index contributed by atoms with van der Waals surface area (Å²) in [6.07, 6.45) is 5.26. The molecule has 0 aliphatic carbocycles. The van der Waals surface area contributed by atoms with Crippen molar-refractivity contribution < 1.29 is 0 Å². The van der Waals surface area contributed by atoms with Crippen LogP contribution in [0.2, 0.25) is 0 Å². The van der Waals surface area contributed by atoms with Gasteiger partial charge in [-0.2, -0.15) is 0 Å². The van der Waals surface area contributed by atoms with Crippen LogP contribution in [0.15, 0.2) is 35.3 Å². The Balaban J connectivity index is 2.82. The molecule has 0 heterocycles. The second kappa shape index (κ2) is 9.45. The van der Waals surface area contributed by atoms with E-state index in [9.17, 15) is 0 Å². The second-order valence-electron chi connectivity index (χ2n) is 4.81. The van der Waals surface area contributed by atoms with Crippen molar-refractivity contribution in [3.8, 4) is 0 Å². The standard InChI is InChI=1S/C17H27N3/c1-4-16(7-6-12-19-3)20-17(5-2)15-10-8-14(13-18)9-11-15/h5,8-11,19H,4,6-7,12-13,18H2,1-3H3/b17-5-,20-16?. The summed E-state index contributed by atoms with van der Waals surface area (Å²) in [6.45, 7) is 5.83. The van der Waals surface area contributed by atoms with Crippen molar-refractivity contribution in [1.82, 2.24) is 5.32 Å². The molecule has 0 aromatic heterocycles. The van der Waals surface area contributed by atoms with Crippen LogP contribution in [0, 0.1) is 0 Å². The highest BCUT2D eigenvalue weighted by Gasteiger charge is 2.02. The molecule has 0 aliphatic heterocycles. The van der Waals surface area contributed by atoms with Gasteiger partial charge in [0.25, 0.3) is 0 Å². The normalized spacial score (nSPS) is 12.8. The van der Waals surface area contributed by atoms with Crippen molar-refractivity contribution in [3.05, 3.63) is 41.5 Å². The second-order valence-corrected chi connectivity index (χ2v) is 4.81. The molecule has 0 fully saturated rings. The lowest BCUT2D eigenvalue weighted by molar-refractivity contribution is 0.743. The Hall–Kier alpha value is -1.45. The van der Waals surface area contributed by atoms with Crippen LogP contribution in [0.25, 0.3) is 5.70 Å². The maximum atomic E-state index is 5.63. The number of nitrogens with one attached hydrogen (secondary N) is 1. The molecule has 0 unspecified atom stereocenters. The summed E-state index contributed by atoms with van der Waals surface area (Å²) in [7, 11) is 1.99. The van der Waals surface area contributed by atoms with E-state index < -0.39 is 0 Å². The Morgan fingerprint density at radius 1 is 1.30 bits per heavy atom. The van der Waals surface area contributed by atoms with Crippen molar-refractivity contribution in [3.63, 3.8) is 0 Å². The molecule has 3 nitrogen and oxygen atoms in total. The van der Waals surface area contributed by atoms with Gasteiger partial charge in [0, 0.05) is 12.3 Å². The monoisotopic (exact) mass is 273 g/mol. The quantitative estimate of drug-likeness (QED) is 0.563. The van der Waals surface area contributed by atoms with Gasteiger partial charge in [0.05, 0.1) is 5.70 Å². The smallest absolute Gasteiger partial charge is 0.0658 e. The fourth-order valence-corrected chi connectivity index (χ4v) is 2.06. The fourth-order valence-electron chi connectivity index (χ4n) is 2.06. The number of benzene rings is 1. The molecule has 0 spiro atoms. The van der Waals surface area contributed by atoms with Crippen molar-refractivity contribution in [1.29, 1.82) is 0 Å². The predicted octanol–water partition coefficient (Wildman–Crippen LogP) is 3.36. The zero-order valence-electron chi connectivity index (χ0n) is 12.9. The fraction of sp³-hybridized carbons (Fsp3) is 0.471. The topological polar surface area (TPSA) is 50.4 Å². The van der Waals surface area contributed by atoms with Gasteiger partial charge in [-0.05, 0) is 50.9 Å². The van der Waals surface area contributed by atoms with E-state index in [4.69, 9.17) is 10.7 Å². The van der Waals surface area contributed by atoms with E-state index in [0.717, 1.165) is 42.6 Å². The highest BCUT2D eigenvalue weighted by molar-refractivity contribution is 5.89. The minimum Gasteiger partial charge on any atom is -0.326 e. The minimum absolute atomic E-state index is 0.582. The van der Waals surface area contributed by atoms with Crippen molar-refractivity contribution in [2.45, 2.75) is 39.7 Å². The maximum Gasteiger partial charge on any atom is 0.0658 e. The molecule has 0 amide bonds. The highest BCUT2D eigenvalue weighted by Crippen LogP contribution is 2.18. The molecule has 1 aromatic rings. The molecular formula is C17H27N3. The first-order chi connectivity index (χ1) is 9.74. The lowest BCUT2D eigenvalue weighted by Gasteiger charge is -2.08. The first-order valence-corrected chi connectivity index (χ1v) is 7.41. The lowest BCUT2D eigenvalue weighted by Crippen LogP contribution is -2.09. The molecule has 0 bridgehead atoms. The summed E-state index contributed by atoms with van der Waals surface area (Å²) in [5, 5.41) is 3.18. The molecule has 20 heavy (non-hydrogen) atoms. The van der Waals surface area contributed by atoms with Crippen LogP contribution in [0.1, 0.15) is 44.2 Å². The van der Waals surface area contributed by atoms with E-state index in [1.165, 1.54) is 5.71 Å². The minimum atomic E-state index is 0.582. The van der Waals surface area contributed by atoms with Gasteiger partial charge in [-0.25, -0.2) is 0 Å². The van der Waals surface area contributed by atoms with Gasteiger partial charge in [0.2, 0.25) is 0 Å². The number of nitrogens with zero attached hydrogens (tertiary/aromatic N) is 1. The van der Waals surface area contributed by atoms with E-state index in [2.05, 4.69) is 42.6 Å². The van der Waals surface area contributed by atoms with Crippen LogP contribution in [0.5, 0.6) is 0 Å². The molecule has 3 N–H and O–H groups in total. The Morgan fingerprint density at radius 2 is 2.00 bits per heavy atom.